The van der Waals surface area contributed by atoms with Gasteiger partial charge in [-0.2, -0.15) is 0 Å². The number of carbonyl (C=O) groups excluding carboxylic acids is 1. The predicted molar refractivity (Wildman–Crippen MR) is 84.2 cm³/mol. The van der Waals surface area contributed by atoms with Crippen molar-refractivity contribution in [2.45, 2.75) is 20.0 Å². The van der Waals surface area contributed by atoms with Gasteiger partial charge < -0.3 is 14.6 Å². The van der Waals surface area contributed by atoms with Gasteiger partial charge in [0.25, 0.3) is 0 Å². The van der Waals surface area contributed by atoms with Crippen LogP contribution in [0.1, 0.15) is 40.1 Å². The van der Waals surface area contributed by atoms with Crippen LogP contribution in [0, 0.1) is 6.92 Å². The Labute approximate surface area is 130 Å². The van der Waals surface area contributed by atoms with Gasteiger partial charge in [0.05, 0.1) is 19.3 Å². The Kier molecular flexibility index (Phi) is 5.17. The highest BCUT2D eigenvalue weighted by molar-refractivity contribution is 5.90. The first kappa shape index (κ1) is 16.0. The number of ether oxygens (including phenoxy) is 2. The van der Waals surface area contributed by atoms with E-state index in [9.17, 15) is 9.90 Å². The fourth-order valence-corrected chi connectivity index (χ4v) is 2.21. The Bertz CT molecular complexity index is 647. The van der Waals surface area contributed by atoms with Crippen LogP contribution in [-0.2, 0) is 4.74 Å². The molecule has 0 saturated carbocycles. The lowest BCUT2D eigenvalue weighted by Crippen LogP contribution is -2.07. The molecule has 0 aromatic heterocycles. The summed E-state index contributed by atoms with van der Waals surface area (Å²) in [5.74, 6) is 0.0517. The van der Waals surface area contributed by atoms with Gasteiger partial charge in [-0.3, -0.25) is 0 Å². The molecule has 0 amide bonds. The maximum absolute atomic E-state index is 11.8. The van der Waals surface area contributed by atoms with Crippen molar-refractivity contribution in [2.75, 3.05) is 13.7 Å². The Hall–Kier alpha value is -2.33. The molecule has 0 radical (unpaired) electrons. The van der Waals surface area contributed by atoms with Crippen LogP contribution in [0.25, 0.3) is 0 Å². The first-order valence-corrected chi connectivity index (χ1v) is 7.16. The quantitative estimate of drug-likeness (QED) is 0.861. The number of aliphatic hydroxyl groups is 1. The standard InChI is InChI=1S/C18H20O4/c1-4-22-18(20)14-9-10-15(16(11-14)21-3)17(19)13-7-5-12(2)6-8-13/h5-11,17,19H,4H2,1-3H3. The molecule has 0 aliphatic rings. The molecule has 2 rings (SSSR count). The van der Waals surface area contributed by atoms with Crippen molar-refractivity contribution in [2.24, 2.45) is 0 Å². The molecule has 0 aliphatic carbocycles. The lowest BCUT2D eigenvalue weighted by molar-refractivity contribution is 0.0525. The fraction of sp³-hybridized carbons (Fsp3) is 0.278. The predicted octanol–water partition coefficient (Wildman–Crippen LogP) is 3.26. The first-order chi connectivity index (χ1) is 10.6. The molecule has 116 valence electrons. The Balaban J connectivity index is 2.34. The molecular weight excluding hydrogens is 280 g/mol. The fourth-order valence-electron chi connectivity index (χ4n) is 2.21. The number of esters is 1. The maximum Gasteiger partial charge on any atom is 0.338 e. The summed E-state index contributed by atoms with van der Waals surface area (Å²) >= 11 is 0. The van der Waals surface area contributed by atoms with Crippen LogP contribution in [0.3, 0.4) is 0 Å². The Morgan fingerprint density at radius 2 is 1.86 bits per heavy atom. The second-order valence-corrected chi connectivity index (χ2v) is 4.99. The number of methoxy groups -OCH3 is 1. The zero-order chi connectivity index (χ0) is 16.1. The SMILES string of the molecule is CCOC(=O)c1ccc(C(O)c2ccc(C)cc2)c(OC)c1. The molecule has 4 nitrogen and oxygen atoms in total. The number of rotatable bonds is 5. The number of benzene rings is 2. The van der Waals surface area contributed by atoms with Gasteiger partial charge in [-0.05, 0) is 31.5 Å². The number of carbonyl (C=O) groups is 1. The number of hydrogen-bond donors (Lipinski definition) is 1. The van der Waals surface area contributed by atoms with Crippen molar-refractivity contribution >= 4 is 5.97 Å². The molecule has 0 saturated heterocycles. The lowest BCUT2D eigenvalue weighted by Gasteiger charge is -2.16. The average molecular weight is 300 g/mol. The van der Waals surface area contributed by atoms with Gasteiger partial charge in [-0.1, -0.05) is 35.9 Å². The average Bonchev–Trinajstić information content (AvgIpc) is 2.54. The van der Waals surface area contributed by atoms with Gasteiger partial charge in [-0.15, -0.1) is 0 Å². The van der Waals surface area contributed by atoms with Gasteiger partial charge in [0.2, 0.25) is 0 Å². The summed E-state index contributed by atoms with van der Waals surface area (Å²) in [7, 11) is 1.51. The molecule has 22 heavy (non-hydrogen) atoms. The van der Waals surface area contributed by atoms with Crippen LogP contribution in [0.15, 0.2) is 42.5 Å². The number of aliphatic hydroxyl groups excluding tert-OH is 1. The maximum atomic E-state index is 11.8. The molecule has 1 N–H and O–H groups in total. The molecule has 1 atom stereocenters. The van der Waals surface area contributed by atoms with Gasteiger partial charge in [0.15, 0.2) is 0 Å². The van der Waals surface area contributed by atoms with Gasteiger partial charge >= 0.3 is 5.97 Å². The molecule has 1 unspecified atom stereocenters. The topological polar surface area (TPSA) is 55.8 Å². The molecular formula is C18H20O4. The molecule has 4 heteroatoms. The molecule has 0 heterocycles. The molecule has 0 bridgehead atoms. The van der Waals surface area contributed by atoms with Crippen LogP contribution in [-0.4, -0.2) is 24.8 Å². The summed E-state index contributed by atoms with van der Waals surface area (Å²) in [6.07, 6.45) is -0.813. The summed E-state index contributed by atoms with van der Waals surface area (Å²) in [6.45, 7) is 4.06. The third-order valence-electron chi connectivity index (χ3n) is 3.43. The molecule has 2 aromatic rings. The van der Waals surface area contributed by atoms with E-state index in [1.54, 1.807) is 25.1 Å². The van der Waals surface area contributed by atoms with E-state index >= 15 is 0 Å². The van der Waals surface area contributed by atoms with E-state index in [2.05, 4.69) is 0 Å². The summed E-state index contributed by atoms with van der Waals surface area (Å²) in [6, 6.07) is 12.5. The van der Waals surface area contributed by atoms with Gasteiger partial charge in [0, 0.05) is 5.56 Å². The van der Waals surface area contributed by atoms with Crippen molar-refractivity contribution in [3.05, 3.63) is 64.7 Å². The second-order valence-electron chi connectivity index (χ2n) is 4.99. The van der Waals surface area contributed by atoms with Crippen molar-refractivity contribution in [1.29, 1.82) is 0 Å². The minimum atomic E-state index is -0.813. The summed E-state index contributed by atoms with van der Waals surface area (Å²) in [4.78, 5) is 11.8. The zero-order valence-corrected chi connectivity index (χ0v) is 13.0. The monoisotopic (exact) mass is 300 g/mol. The van der Waals surface area contributed by atoms with Crippen LogP contribution in [0.4, 0.5) is 0 Å². The van der Waals surface area contributed by atoms with E-state index in [1.807, 2.05) is 31.2 Å². The van der Waals surface area contributed by atoms with Crippen molar-refractivity contribution in [1.82, 2.24) is 0 Å². The number of aryl methyl sites for hydroxylation is 1. The van der Waals surface area contributed by atoms with Gasteiger partial charge in [-0.25, -0.2) is 4.79 Å². The Morgan fingerprint density at radius 3 is 2.45 bits per heavy atom. The second kappa shape index (κ2) is 7.09. The van der Waals surface area contributed by atoms with E-state index in [4.69, 9.17) is 9.47 Å². The minimum Gasteiger partial charge on any atom is -0.496 e. The van der Waals surface area contributed by atoms with E-state index in [0.717, 1.165) is 11.1 Å². The first-order valence-electron chi connectivity index (χ1n) is 7.16. The highest BCUT2D eigenvalue weighted by atomic mass is 16.5. The summed E-state index contributed by atoms with van der Waals surface area (Å²) in [5.41, 5.74) is 2.91. The summed E-state index contributed by atoms with van der Waals surface area (Å²) < 4.78 is 10.3. The van der Waals surface area contributed by atoms with Crippen LogP contribution in [0.5, 0.6) is 5.75 Å². The van der Waals surface area contributed by atoms with E-state index in [-0.39, 0.29) is 0 Å². The van der Waals surface area contributed by atoms with Crippen molar-refractivity contribution in [3.63, 3.8) is 0 Å². The minimum absolute atomic E-state index is 0.314. The van der Waals surface area contributed by atoms with Crippen LogP contribution >= 0.6 is 0 Å². The van der Waals surface area contributed by atoms with E-state index in [0.29, 0.717) is 23.5 Å². The summed E-state index contributed by atoms with van der Waals surface area (Å²) in [5, 5.41) is 10.5. The highest BCUT2D eigenvalue weighted by Gasteiger charge is 2.18. The smallest absolute Gasteiger partial charge is 0.338 e. The normalized spacial score (nSPS) is 11.8. The largest absolute Gasteiger partial charge is 0.496 e. The molecule has 0 fully saturated rings. The highest BCUT2D eigenvalue weighted by Crippen LogP contribution is 2.31. The Morgan fingerprint density at radius 1 is 1.18 bits per heavy atom. The zero-order valence-electron chi connectivity index (χ0n) is 13.0. The van der Waals surface area contributed by atoms with Crippen molar-refractivity contribution < 1.29 is 19.4 Å². The number of hydrogen-bond acceptors (Lipinski definition) is 4. The molecule has 0 aliphatic heterocycles. The van der Waals surface area contributed by atoms with E-state index in [1.165, 1.54) is 7.11 Å². The molecule has 2 aromatic carbocycles. The van der Waals surface area contributed by atoms with Crippen LogP contribution in [0.2, 0.25) is 0 Å². The third kappa shape index (κ3) is 3.46. The van der Waals surface area contributed by atoms with E-state index < -0.39 is 12.1 Å². The van der Waals surface area contributed by atoms with Crippen LogP contribution < -0.4 is 4.74 Å². The lowest BCUT2D eigenvalue weighted by atomic mass is 9.98. The van der Waals surface area contributed by atoms with Crippen molar-refractivity contribution in [3.8, 4) is 5.75 Å². The van der Waals surface area contributed by atoms with Gasteiger partial charge in [0.1, 0.15) is 11.9 Å². The molecule has 0 spiro atoms. The third-order valence-corrected chi connectivity index (χ3v) is 3.43.